The molecule has 3 aromatic rings. The molecule has 0 saturated heterocycles. The van der Waals surface area contributed by atoms with E-state index in [2.05, 4.69) is 5.32 Å². The Bertz CT molecular complexity index is 1420. The third-order valence-corrected chi connectivity index (χ3v) is 8.15. The van der Waals surface area contributed by atoms with Gasteiger partial charge >= 0.3 is 0 Å². The second-order valence-electron chi connectivity index (χ2n) is 10.6. The fraction of sp³-hybridized carbons (Fsp3) is 0.375. The molecule has 3 rings (SSSR count). The fourth-order valence-corrected chi connectivity index (χ4v) is 5.48. The molecule has 0 aliphatic carbocycles. The number of rotatable bonds is 12. The van der Waals surface area contributed by atoms with Crippen molar-refractivity contribution >= 4 is 27.5 Å². The van der Waals surface area contributed by atoms with Crippen molar-refractivity contribution in [1.82, 2.24) is 10.2 Å². The molecule has 40 heavy (non-hydrogen) atoms. The highest BCUT2D eigenvalue weighted by molar-refractivity contribution is 7.92. The van der Waals surface area contributed by atoms with Crippen LogP contribution in [0.15, 0.2) is 72.8 Å². The first-order valence-electron chi connectivity index (χ1n) is 13.6. The number of sulfonamides is 1. The van der Waals surface area contributed by atoms with Crippen molar-refractivity contribution in [3.63, 3.8) is 0 Å². The minimum absolute atomic E-state index is 0.0795. The SMILES string of the molecule is CC[C@@H](C)NC(=O)[C@H](Cc1ccccc1)N(Cc1cccc(C)c1)C(=O)CN(c1cc(C)ccc1C)S(C)(=O)=O. The fourth-order valence-electron chi connectivity index (χ4n) is 4.59. The van der Waals surface area contributed by atoms with Crippen LogP contribution in [0.5, 0.6) is 0 Å². The highest BCUT2D eigenvalue weighted by Crippen LogP contribution is 2.25. The summed E-state index contributed by atoms with van der Waals surface area (Å²) in [7, 11) is -3.81. The molecule has 214 valence electrons. The van der Waals surface area contributed by atoms with Crippen molar-refractivity contribution in [1.29, 1.82) is 0 Å². The Labute approximate surface area is 239 Å². The van der Waals surface area contributed by atoms with E-state index in [0.717, 1.165) is 44.8 Å². The number of hydrogen-bond acceptors (Lipinski definition) is 4. The largest absolute Gasteiger partial charge is 0.352 e. The van der Waals surface area contributed by atoms with Crippen LogP contribution < -0.4 is 9.62 Å². The number of carbonyl (C=O) groups excluding carboxylic acids is 2. The van der Waals surface area contributed by atoms with Gasteiger partial charge in [-0.25, -0.2) is 8.42 Å². The zero-order valence-corrected chi connectivity index (χ0v) is 25.2. The standard InChI is InChI=1S/C32H41N3O4S/c1-7-26(5)33-32(37)30(20-27-13-9-8-10-14-27)34(21-28-15-11-12-23(2)18-28)31(36)22-35(40(6,38)39)29-19-24(3)16-17-25(29)4/h8-19,26,30H,7,20-22H2,1-6H3,(H,33,37)/t26-,30+/m1/s1. The van der Waals surface area contributed by atoms with Crippen LogP contribution in [-0.4, -0.2) is 50.0 Å². The summed E-state index contributed by atoms with van der Waals surface area (Å²) in [6, 6.07) is 21.9. The van der Waals surface area contributed by atoms with Crippen LogP contribution in [-0.2, 0) is 32.6 Å². The maximum Gasteiger partial charge on any atom is 0.244 e. The van der Waals surface area contributed by atoms with E-state index < -0.39 is 28.5 Å². The molecule has 0 spiro atoms. The third kappa shape index (κ3) is 8.42. The Hall–Kier alpha value is -3.65. The number of carbonyl (C=O) groups is 2. The van der Waals surface area contributed by atoms with Crippen molar-refractivity contribution in [2.45, 2.75) is 66.1 Å². The lowest BCUT2D eigenvalue weighted by Gasteiger charge is -2.34. The summed E-state index contributed by atoms with van der Waals surface area (Å²) in [6.07, 6.45) is 2.14. The van der Waals surface area contributed by atoms with E-state index in [0.29, 0.717) is 12.1 Å². The van der Waals surface area contributed by atoms with Gasteiger partial charge in [0.2, 0.25) is 21.8 Å². The number of amides is 2. The first kappa shape index (κ1) is 30.9. The molecule has 0 saturated carbocycles. The molecule has 2 atom stereocenters. The molecule has 3 aromatic carbocycles. The molecule has 0 unspecified atom stereocenters. The van der Waals surface area contributed by atoms with Gasteiger partial charge in [-0.1, -0.05) is 79.2 Å². The van der Waals surface area contributed by atoms with E-state index in [1.54, 1.807) is 6.07 Å². The molecule has 0 fully saturated rings. The summed E-state index contributed by atoms with van der Waals surface area (Å²) in [5, 5.41) is 3.05. The predicted octanol–water partition coefficient (Wildman–Crippen LogP) is 4.93. The quantitative estimate of drug-likeness (QED) is 0.339. The molecule has 0 aromatic heterocycles. The van der Waals surface area contributed by atoms with Gasteiger partial charge in [-0.05, 0) is 62.4 Å². The number of hydrogen-bond donors (Lipinski definition) is 1. The lowest BCUT2D eigenvalue weighted by molar-refractivity contribution is -0.140. The maximum atomic E-state index is 14.2. The van der Waals surface area contributed by atoms with Crippen molar-refractivity contribution in [3.8, 4) is 0 Å². The topological polar surface area (TPSA) is 86.8 Å². The summed E-state index contributed by atoms with van der Waals surface area (Å²) in [5.74, 6) is -0.718. The Kier molecular flexibility index (Phi) is 10.5. The second kappa shape index (κ2) is 13.6. The van der Waals surface area contributed by atoms with Crippen LogP contribution in [0.2, 0.25) is 0 Å². The van der Waals surface area contributed by atoms with Gasteiger partial charge in [-0.3, -0.25) is 13.9 Å². The zero-order chi connectivity index (χ0) is 29.4. The van der Waals surface area contributed by atoms with Crippen molar-refractivity contribution in [2.24, 2.45) is 0 Å². The molecule has 0 heterocycles. The van der Waals surface area contributed by atoms with Gasteiger partial charge < -0.3 is 10.2 Å². The van der Waals surface area contributed by atoms with E-state index in [1.807, 2.05) is 101 Å². The molecule has 0 aliphatic heterocycles. The van der Waals surface area contributed by atoms with Crippen LogP contribution in [0.25, 0.3) is 0 Å². The average Bonchev–Trinajstić information content (AvgIpc) is 2.90. The van der Waals surface area contributed by atoms with Crippen LogP contribution in [0.3, 0.4) is 0 Å². The minimum Gasteiger partial charge on any atom is -0.352 e. The molecular formula is C32H41N3O4S. The first-order valence-corrected chi connectivity index (χ1v) is 15.5. The lowest BCUT2D eigenvalue weighted by atomic mass is 10.0. The summed E-state index contributed by atoms with van der Waals surface area (Å²) in [6.45, 7) is 9.33. The summed E-state index contributed by atoms with van der Waals surface area (Å²) >= 11 is 0. The summed E-state index contributed by atoms with van der Waals surface area (Å²) in [5.41, 5.74) is 4.87. The van der Waals surface area contributed by atoms with E-state index in [4.69, 9.17) is 0 Å². The van der Waals surface area contributed by atoms with E-state index >= 15 is 0 Å². The summed E-state index contributed by atoms with van der Waals surface area (Å²) in [4.78, 5) is 29.5. The normalized spacial score (nSPS) is 12.8. The van der Waals surface area contributed by atoms with Crippen LogP contribution in [0.1, 0.15) is 48.1 Å². The zero-order valence-electron chi connectivity index (χ0n) is 24.3. The Morgan fingerprint density at radius 2 is 1.52 bits per heavy atom. The number of anilines is 1. The molecule has 2 amide bonds. The van der Waals surface area contributed by atoms with Gasteiger partial charge in [-0.15, -0.1) is 0 Å². The number of benzene rings is 3. The van der Waals surface area contributed by atoms with E-state index in [-0.39, 0.29) is 18.5 Å². The van der Waals surface area contributed by atoms with E-state index in [1.165, 1.54) is 4.90 Å². The molecule has 1 N–H and O–H groups in total. The molecule has 0 aliphatic rings. The van der Waals surface area contributed by atoms with Crippen molar-refractivity contribution < 1.29 is 18.0 Å². The lowest BCUT2D eigenvalue weighted by Crippen LogP contribution is -2.54. The van der Waals surface area contributed by atoms with Crippen LogP contribution in [0.4, 0.5) is 5.69 Å². The van der Waals surface area contributed by atoms with Gasteiger partial charge in [-0.2, -0.15) is 0 Å². The molecule has 0 bridgehead atoms. The predicted molar refractivity (Wildman–Crippen MR) is 162 cm³/mol. The van der Waals surface area contributed by atoms with Gasteiger partial charge in [0.1, 0.15) is 12.6 Å². The highest BCUT2D eigenvalue weighted by Gasteiger charge is 2.33. The number of nitrogens with zero attached hydrogens (tertiary/aromatic N) is 2. The molecule has 0 radical (unpaired) electrons. The van der Waals surface area contributed by atoms with Crippen LogP contribution in [0, 0.1) is 20.8 Å². The third-order valence-electron chi connectivity index (χ3n) is 7.02. The smallest absolute Gasteiger partial charge is 0.244 e. The second-order valence-corrected chi connectivity index (χ2v) is 12.5. The molecular weight excluding hydrogens is 522 g/mol. The number of nitrogens with one attached hydrogen (secondary N) is 1. The van der Waals surface area contributed by atoms with Gasteiger partial charge in [0.15, 0.2) is 0 Å². The van der Waals surface area contributed by atoms with Crippen molar-refractivity contribution in [3.05, 3.63) is 101 Å². The maximum absolute atomic E-state index is 14.2. The van der Waals surface area contributed by atoms with Gasteiger partial charge in [0, 0.05) is 19.0 Å². The van der Waals surface area contributed by atoms with Crippen molar-refractivity contribution in [2.75, 3.05) is 17.1 Å². The van der Waals surface area contributed by atoms with E-state index in [9.17, 15) is 18.0 Å². The molecule has 8 heteroatoms. The Balaban J connectivity index is 2.09. The number of aryl methyl sites for hydroxylation is 3. The summed E-state index contributed by atoms with van der Waals surface area (Å²) < 4.78 is 27.2. The van der Waals surface area contributed by atoms with Crippen LogP contribution >= 0.6 is 0 Å². The molecule has 7 nitrogen and oxygen atoms in total. The minimum atomic E-state index is -3.81. The Morgan fingerprint density at radius 1 is 0.875 bits per heavy atom. The van der Waals surface area contributed by atoms with Gasteiger partial charge in [0.05, 0.1) is 11.9 Å². The van der Waals surface area contributed by atoms with Gasteiger partial charge in [0.25, 0.3) is 0 Å². The Morgan fingerprint density at radius 3 is 2.15 bits per heavy atom. The first-order chi connectivity index (χ1) is 18.9. The monoisotopic (exact) mass is 563 g/mol. The average molecular weight is 564 g/mol. The highest BCUT2D eigenvalue weighted by atomic mass is 32.2.